The smallest absolute Gasteiger partial charge is 0.271 e. The monoisotopic (exact) mass is 258 g/mol. The van der Waals surface area contributed by atoms with Crippen LogP contribution in [0.1, 0.15) is 29.3 Å². The van der Waals surface area contributed by atoms with Gasteiger partial charge >= 0.3 is 0 Å². The largest absolute Gasteiger partial charge is 0.461 e. The van der Waals surface area contributed by atoms with Crippen LogP contribution in [-0.2, 0) is 4.74 Å². The van der Waals surface area contributed by atoms with Gasteiger partial charge in [0.15, 0.2) is 0 Å². The van der Waals surface area contributed by atoms with E-state index in [1.807, 2.05) is 26.0 Å². The highest BCUT2D eigenvalue weighted by atomic mass is 16.5. The molecule has 1 rings (SSSR count). The van der Waals surface area contributed by atoms with Gasteiger partial charge in [-0.1, -0.05) is 37.8 Å². The molecule has 0 aliphatic rings. The summed E-state index contributed by atoms with van der Waals surface area (Å²) in [5, 5.41) is 3.77. The summed E-state index contributed by atoms with van der Waals surface area (Å²) < 4.78 is 5.22. The van der Waals surface area contributed by atoms with Crippen molar-refractivity contribution in [3.63, 3.8) is 0 Å². The van der Waals surface area contributed by atoms with E-state index in [-0.39, 0.29) is 5.91 Å². The number of rotatable bonds is 6. The van der Waals surface area contributed by atoms with E-state index in [1.54, 1.807) is 12.1 Å². The highest BCUT2D eigenvalue weighted by molar-refractivity contribution is 5.94. The van der Waals surface area contributed by atoms with Crippen molar-refractivity contribution < 1.29 is 9.53 Å². The van der Waals surface area contributed by atoms with Gasteiger partial charge in [-0.25, -0.2) is 5.43 Å². The van der Waals surface area contributed by atoms with E-state index < -0.39 is 0 Å². The molecule has 0 spiro atoms. The Hall–Kier alpha value is -2.36. The number of hydrogen-bond acceptors (Lipinski definition) is 3. The summed E-state index contributed by atoms with van der Waals surface area (Å²) in [5.74, 6) is 0.653. The topological polar surface area (TPSA) is 50.7 Å². The average molecular weight is 258 g/mol. The zero-order valence-corrected chi connectivity index (χ0v) is 11.3. The van der Waals surface area contributed by atoms with E-state index in [9.17, 15) is 4.79 Å². The number of carbonyl (C=O) groups is 1. The fourth-order valence-corrected chi connectivity index (χ4v) is 1.30. The molecule has 0 saturated heterocycles. The first kappa shape index (κ1) is 14.7. The van der Waals surface area contributed by atoms with Crippen molar-refractivity contribution in [2.75, 3.05) is 0 Å². The number of hydrogen-bond donors (Lipinski definition) is 1. The van der Waals surface area contributed by atoms with Gasteiger partial charge in [0.25, 0.3) is 5.91 Å². The Morgan fingerprint density at radius 2 is 2.21 bits per heavy atom. The Bertz CT molecular complexity index is 519. The first-order valence-corrected chi connectivity index (χ1v) is 5.97. The molecule has 0 aliphatic heterocycles. The van der Waals surface area contributed by atoms with Gasteiger partial charge in [0, 0.05) is 12.0 Å². The van der Waals surface area contributed by atoms with Crippen LogP contribution in [0.15, 0.2) is 54.0 Å². The Labute approximate surface area is 113 Å². The standard InChI is InChI=1S/C15H18N2O2/c1-5-12(3)19-13(4)10-16-17-15(18)14-8-6-7-11(2)9-14/h6-10H,3-5H2,1-2H3,(H,17,18)/b16-10+. The van der Waals surface area contributed by atoms with E-state index in [1.165, 1.54) is 6.21 Å². The molecule has 1 N–H and O–H groups in total. The second-order valence-corrected chi connectivity index (χ2v) is 4.03. The van der Waals surface area contributed by atoms with Gasteiger partial charge in [-0.05, 0) is 19.1 Å². The Morgan fingerprint density at radius 3 is 2.84 bits per heavy atom. The second-order valence-electron chi connectivity index (χ2n) is 4.03. The molecule has 1 aromatic carbocycles. The molecule has 0 radical (unpaired) electrons. The van der Waals surface area contributed by atoms with E-state index in [0.29, 0.717) is 23.5 Å². The van der Waals surface area contributed by atoms with Crippen molar-refractivity contribution in [2.45, 2.75) is 20.3 Å². The lowest BCUT2D eigenvalue weighted by molar-refractivity contribution is 0.0955. The van der Waals surface area contributed by atoms with Crippen LogP contribution in [0.25, 0.3) is 0 Å². The van der Waals surface area contributed by atoms with Gasteiger partial charge in [0.1, 0.15) is 5.76 Å². The number of aryl methyl sites for hydroxylation is 1. The van der Waals surface area contributed by atoms with Gasteiger partial charge in [0.2, 0.25) is 0 Å². The van der Waals surface area contributed by atoms with Crippen LogP contribution >= 0.6 is 0 Å². The number of hydrazone groups is 1. The molecule has 4 nitrogen and oxygen atoms in total. The summed E-state index contributed by atoms with van der Waals surface area (Å²) >= 11 is 0. The van der Waals surface area contributed by atoms with Gasteiger partial charge in [0.05, 0.1) is 12.0 Å². The molecule has 0 fully saturated rings. The number of carbonyl (C=O) groups excluding carboxylic acids is 1. The molecule has 1 amide bonds. The Balaban J connectivity index is 2.50. The van der Waals surface area contributed by atoms with Crippen molar-refractivity contribution in [1.29, 1.82) is 0 Å². The molecular formula is C15H18N2O2. The molecule has 0 heterocycles. The fourth-order valence-electron chi connectivity index (χ4n) is 1.30. The van der Waals surface area contributed by atoms with E-state index in [0.717, 1.165) is 5.56 Å². The Kier molecular flexibility index (Phi) is 5.54. The average Bonchev–Trinajstić information content (AvgIpc) is 2.38. The van der Waals surface area contributed by atoms with Crippen LogP contribution in [0.5, 0.6) is 0 Å². The van der Waals surface area contributed by atoms with Crippen molar-refractivity contribution in [1.82, 2.24) is 5.43 Å². The maximum atomic E-state index is 11.7. The van der Waals surface area contributed by atoms with Crippen LogP contribution in [0.3, 0.4) is 0 Å². The summed E-state index contributed by atoms with van der Waals surface area (Å²) in [6.45, 7) is 11.2. The first-order valence-electron chi connectivity index (χ1n) is 5.97. The lowest BCUT2D eigenvalue weighted by Crippen LogP contribution is -2.17. The molecule has 100 valence electrons. The number of amides is 1. The maximum absolute atomic E-state index is 11.7. The molecule has 4 heteroatoms. The highest BCUT2D eigenvalue weighted by Gasteiger charge is 2.03. The molecule has 0 unspecified atom stereocenters. The molecule has 1 aromatic rings. The van der Waals surface area contributed by atoms with Crippen LogP contribution in [0, 0.1) is 6.92 Å². The highest BCUT2D eigenvalue weighted by Crippen LogP contribution is 2.05. The normalized spacial score (nSPS) is 10.2. The summed E-state index contributed by atoms with van der Waals surface area (Å²) in [6, 6.07) is 7.25. The first-order chi connectivity index (χ1) is 9.02. The number of benzene rings is 1. The minimum atomic E-state index is -0.276. The molecule has 0 saturated carbocycles. The lowest BCUT2D eigenvalue weighted by Gasteiger charge is -2.05. The lowest BCUT2D eigenvalue weighted by atomic mass is 10.1. The third-order valence-electron chi connectivity index (χ3n) is 2.32. The number of allylic oxidation sites excluding steroid dienone is 2. The second kappa shape index (κ2) is 7.16. The molecule has 0 bridgehead atoms. The van der Waals surface area contributed by atoms with Gasteiger partial charge < -0.3 is 4.74 Å². The van der Waals surface area contributed by atoms with Gasteiger partial charge in [-0.3, -0.25) is 4.79 Å². The molecule has 0 atom stereocenters. The summed E-state index contributed by atoms with van der Waals surface area (Å²) in [5.41, 5.74) is 3.98. The fraction of sp³-hybridized carbons (Fsp3) is 0.200. The molecule has 0 aliphatic carbocycles. The van der Waals surface area contributed by atoms with Crippen LogP contribution in [-0.4, -0.2) is 12.1 Å². The van der Waals surface area contributed by atoms with E-state index in [2.05, 4.69) is 23.7 Å². The van der Waals surface area contributed by atoms with E-state index >= 15 is 0 Å². The van der Waals surface area contributed by atoms with Crippen molar-refractivity contribution in [3.05, 3.63) is 60.1 Å². The zero-order chi connectivity index (χ0) is 14.3. The minimum absolute atomic E-state index is 0.276. The van der Waals surface area contributed by atoms with Crippen LogP contribution in [0.4, 0.5) is 0 Å². The number of nitrogens with zero attached hydrogens (tertiary/aromatic N) is 1. The number of ether oxygens (including phenoxy) is 1. The molecule has 19 heavy (non-hydrogen) atoms. The Morgan fingerprint density at radius 1 is 1.47 bits per heavy atom. The van der Waals surface area contributed by atoms with Crippen LogP contribution < -0.4 is 5.43 Å². The third-order valence-corrected chi connectivity index (χ3v) is 2.32. The maximum Gasteiger partial charge on any atom is 0.271 e. The van der Waals surface area contributed by atoms with Crippen LogP contribution in [0.2, 0.25) is 0 Å². The third kappa shape index (κ3) is 5.21. The quantitative estimate of drug-likeness (QED) is 0.484. The summed E-state index contributed by atoms with van der Waals surface area (Å²) in [6.07, 6.45) is 2.04. The van der Waals surface area contributed by atoms with E-state index in [4.69, 9.17) is 4.74 Å². The molecule has 0 aromatic heterocycles. The van der Waals surface area contributed by atoms with Crippen molar-refractivity contribution in [3.8, 4) is 0 Å². The predicted octanol–water partition coefficient (Wildman–Crippen LogP) is 3.16. The van der Waals surface area contributed by atoms with Gasteiger partial charge in [-0.15, -0.1) is 0 Å². The van der Waals surface area contributed by atoms with Crippen molar-refractivity contribution >= 4 is 12.1 Å². The molecular weight excluding hydrogens is 240 g/mol. The van der Waals surface area contributed by atoms with Gasteiger partial charge in [-0.2, -0.15) is 5.10 Å². The van der Waals surface area contributed by atoms with Crippen molar-refractivity contribution in [2.24, 2.45) is 5.10 Å². The summed E-state index contributed by atoms with van der Waals surface area (Å²) in [4.78, 5) is 11.7. The zero-order valence-electron chi connectivity index (χ0n) is 11.3. The SMILES string of the molecule is C=C(/C=N/NC(=O)c1cccc(C)c1)OC(=C)CC. The number of nitrogens with one attached hydrogen (secondary N) is 1. The minimum Gasteiger partial charge on any atom is -0.461 e. The predicted molar refractivity (Wildman–Crippen MR) is 76.8 cm³/mol. The summed E-state index contributed by atoms with van der Waals surface area (Å²) in [7, 11) is 0.